The summed E-state index contributed by atoms with van der Waals surface area (Å²) in [6.45, 7) is -0.480. The smallest absolute Gasteiger partial charge is 0.339 e. The molecule has 5 rings (SSSR count). The summed E-state index contributed by atoms with van der Waals surface area (Å²) < 4.78 is 11.2. The Morgan fingerprint density at radius 2 is 1.91 bits per heavy atom. The van der Waals surface area contributed by atoms with Crippen LogP contribution in [0.4, 0.5) is 5.69 Å². The highest BCUT2D eigenvalue weighted by Gasteiger charge is 2.33. The van der Waals surface area contributed by atoms with Gasteiger partial charge in [0.1, 0.15) is 5.75 Å². The molecular formula is C26H21N3O5S. The molecule has 1 atom stereocenters. The van der Waals surface area contributed by atoms with Gasteiger partial charge < -0.3 is 19.7 Å². The molecule has 3 heterocycles. The maximum absolute atomic E-state index is 13.1. The minimum Gasteiger partial charge on any atom is -0.477 e. The lowest BCUT2D eigenvalue weighted by Gasteiger charge is -2.33. The number of nitrogens with zero attached hydrogens (tertiary/aromatic N) is 2. The Kier molecular flexibility index (Phi) is 6.15. The Hall–Kier alpha value is -4.24. The van der Waals surface area contributed by atoms with E-state index in [0.29, 0.717) is 33.6 Å². The van der Waals surface area contributed by atoms with Gasteiger partial charge in [0.25, 0.3) is 11.8 Å². The van der Waals surface area contributed by atoms with Gasteiger partial charge in [0, 0.05) is 12.4 Å². The number of carbonyl (C=O) groups excluding carboxylic acids is 3. The zero-order valence-electron chi connectivity index (χ0n) is 18.8. The van der Waals surface area contributed by atoms with E-state index < -0.39 is 24.6 Å². The number of pyridine rings is 1. The Bertz CT molecular complexity index is 1420. The van der Waals surface area contributed by atoms with Crippen molar-refractivity contribution in [3.63, 3.8) is 0 Å². The third-order valence-electron chi connectivity index (χ3n) is 5.65. The predicted molar refractivity (Wildman–Crippen MR) is 133 cm³/mol. The highest BCUT2D eigenvalue weighted by Crippen LogP contribution is 2.33. The van der Waals surface area contributed by atoms with Crippen LogP contribution < -0.4 is 15.0 Å². The van der Waals surface area contributed by atoms with E-state index >= 15 is 0 Å². The molecule has 0 radical (unpaired) electrons. The van der Waals surface area contributed by atoms with Crippen molar-refractivity contribution >= 4 is 45.7 Å². The molecular weight excluding hydrogens is 466 g/mol. The van der Waals surface area contributed by atoms with Gasteiger partial charge in [-0.1, -0.05) is 36.4 Å². The zero-order valence-corrected chi connectivity index (χ0v) is 19.6. The molecule has 0 saturated heterocycles. The molecule has 9 heteroatoms. The van der Waals surface area contributed by atoms with Crippen molar-refractivity contribution in [2.24, 2.45) is 0 Å². The number of ether oxygens (including phenoxy) is 2. The van der Waals surface area contributed by atoms with Crippen molar-refractivity contribution in [2.75, 3.05) is 25.1 Å². The molecule has 1 aliphatic heterocycles. The lowest BCUT2D eigenvalue weighted by molar-refractivity contribution is -0.128. The van der Waals surface area contributed by atoms with E-state index in [9.17, 15) is 14.4 Å². The van der Waals surface area contributed by atoms with Gasteiger partial charge in [-0.05, 0) is 35.7 Å². The highest BCUT2D eigenvalue weighted by molar-refractivity contribution is 7.13. The summed E-state index contributed by atoms with van der Waals surface area (Å²) >= 11 is 1.52. The molecule has 0 saturated carbocycles. The van der Waals surface area contributed by atoms with Gasteiger partial charge in [-0.3, -0.25) is 9.59 Å². The van der Waals surface area contributed by atoms with E-state index in [0.717, 1.165) is 4.88 Å². The Morgan fingerprint density at radius 3 is 2.71 bits per heavy atom. The number of fused-ring (bicyclic) bond motifs is 2. The summed E-state index contributed by atoms with van der Waals surface area (Å²) in [6, 6.07) is 19.8. The summed E-state index contributed by atoms with van der Waals surface area (Å²) in [5.41, 5.74) is 2.17. The van der Waals surface area contributed by atoms with Crippen molar-refractivity contribution in [1.29, 1.82) is 0 Å². The van der Waals surface area contributed by atoms with Gasteiger partial charge in [0.15, 0.2) is 12.7 Å². The van der Waals surface area contributed by atoms with Crippen molar-refractivity contribution in [3.8, 4) is 16.3 Å². The standard InChI is InChI=1S/C26H21N3O5S/c1-27-25(31)22-14-29(20-9-4-5-10-21(20)34-22)24(30)15-33-26(32)17-13-19(23-11-6-12-35-23)28-18-8-3-2-7-16(17)18/h2-13,22H,14-15H2,1H3,(H,27,31)/t22-/m1/s1. The number of likely N-dealkylation sites (N-methyl/N-ethyl adjacent to an activating group) is 1. The number of rotatable bonds is 5. The largest absolute Gasteiger partial charge is 0.477 e. The number of benzene rings is 2. The SMILES string of the molecule is CNC(=O)[C@H]1CN(C(=O)COC(=O)c2cc(-c3cccs3)nc3ccccc23)c2ccccc2O1. The van der Waals surface area contributed by atoms with E-state index in [-0.39, 0.29) is 12.5 Å². The molecule has 2 aromatic heterocycles. The summed E-state index contributed by atoms with van der Waals surface area (Å²) in [7, 11) is 1.50. The van der Waals surface area contributed by atoms with E-state index in [1.165, 1.54) is 23.3 Å². The van der Waals surface area contributed by atoms with E-state index in [1.54, 1.807) is 36.4 Å². The third-order valence-corrected chi connectivity index (χ3v) is 6.54. The van der Waals surface area contributed by atoms with Crippen molar-refractivity contribution in [3.05, 3.63) is 77.7 Å². The second-order valence-corrected chi connectivity index (χ2v) is 8.77. The molecule has 1 aliphatic rings. The number of hydrogen-bond acceptors (Lipinski definition) is 7. The monoisotopic (exact) mass is 487 g/mol. The first-order valence-electron chi connectivity index (χ1n) is 10.9. The van der Waals surface area contributed by atoms with Crippen LogP contribution in [0, 0.1) is 0 Å². The third kappa shape index (κ3) is 4.45. The van der Waals surface area contributed by atoms with Gasteiger partial charge in [0.05, 0.1) is 33.9 Å². The number of thiophene rings is 1. The molecule has 35 heavy (non-hydrogen) atoms. The summed E-state index contributed by atoms with van der Waals surface area (Å²) in [5.74, 6) is -1.02. The number of para-hydroxylation sites is 3. The van der Waals surface area contributed by atoms with Crippen LogP contribution in [0.5, 0.6) is 5.75 Å². The van der Waals surface area contributed by atoms with E-state index in [1.807, 2.05) is 35.7 Å². The molecule has 2 amide bonds. The number of carbonyl (C=O) groups is 3. The number of amides is 2. The van der Waals surface area contributed by atoms with Gasteiger partial charge in [0.2, 0.25) is 0 Å². The molecule has 176 valence electrons. The average Bonchev–Trinajstić information content (AvgIpc) is 3.45. The number of aromatic nitrogens is 1. The first kappa shape index (κ1) is 22.5. The van der Waals surface area contributed by atoms with Crippen molar-refractivity contribution in [2.45, 2.75) is 6.10 Å². The summed E-state index contributed by atoms with van der Waals surface area (Å²) in [6.07, 6.45) is -0.868. The van der Waals surface area contributed by atoms with Gasteiger partial charge >= 0.3 is 5.97 Å². The van der Waals surface area contributed by atoms with Crippen LogP contribution in [0.25, 0.3) is 21.5 Å². The molecule has 1 N–H and O–H groups in total. The molecule has 0 aliphatic carbocycles. The van der Waals surface area contributed by atoms with Gasteiger partial charge in [-0.25, -0.2) is 9.78 Å². The molecule has 8 nitrogen and oxygen atoms in total. The predicted octanol–water partition coefficient (Wildman–Crippen LogP) is 3.66. The van der Waals surface area contributed by atoms with Crippen LogP contribution in [0.3, 0.4) is 0 Å². The Balaban J connectivity index is 1.39. The summed E-state index contributed by atoms with van der Waals surface area (Å²) in [4.78, 5) is 45.4. The quantitative estimate of drug-likeness (QED) is 0.432. The van der Waals surface area contributed by atoms with Crippen molar-refractivity contribution in [1.82, 2.24) is 10.3 Å². The first-order valence-corrected chi connectivity index (χ1v) is 11.8. The second kappa shape index (κ2) is 9.55. The molecule has 4 aromatic rings. The zero-order chi connectivity index (χ0) is 24.4. The molecule has 0 bridgehead atoms. The number of hydrogen-bond donors (Lipinski definition) is 1. The van der Waals surface area contributed by atoms with Crippen LogP contribution >= 0.6 is 11.3 Å². The maximum Gasteiger partial charge on any atom is 0.339 e. The fourth-order valence-corrected chi connectivity index (χ4v) is 4.63. The van der Waals surface area contributed by atoms with Crippen LogP contribution in [0.1, 0.15) is 10.4 Å². The fraction of sp³-hybridized carbons (Fsp3) is 0.154. The number of anilines is 1. The summed E-state index contributed by atoms with van der Waals surface area (Å²) in [5, 5.41) is 5.12. The van der Waals surface area contributed by atoms with Crippen LogP contribution in [0.15, 0.2) is 72.1 Å². The van der Waals surface area contributed by atoms with Crippen molar-refractivity contribution < 1.29 is 23.9 Å². The number of nitrogens with one attached hydrogen (secondary N) is 1. The first-order chi connectivity index (χ1) is 17.0. The molecule has 0 fully saturated rings. The van der Waals surface area contributed by atoms with E-state index in [2.05, 4.69) is 10.3 Å². The molecule has 0 unspecified atom stereocenters. The maximum atomic E-state index is 13.1. The van der Waals surface area contributed by atoms with Gasteiger partial charge in [-0.15, -0.1) is 11.3 Å². The average molecular weight is 488 g/mol. The Labute approximate surface area is 205 Å². The normalized spacial score (nSPS) is 14.7. The van der Waals surface area contributed by atoms with Gasteiger partial charge in [-0.2, -0.15) is 0 Å². The topological polar surface area (TPSA) is 97.8 Å². The molecule has 2 aromatic carbocycles. The molecule has 0 spiro atoms. The minimum absolute atomic E-state index is 0.00772. The minimum atomic E-state index is -0.868. The van der Waals surface area contributed by atoms with E-state index in [4.69, 9.17) is 9.47 Å². The van der Waals surface area contributed by atoms with Crippen LogP contribution in [0.2, 0.25) is 0 Å². The highest BCUT2D eigenvalue weighted by atomic mass is 32.1. The Morgan fingerprint density at radius 1 is 1.11 bits per heavy atom. The van der Waals surface area contributed by atoms with Crippen LogP contribution in [-0.4, -0.2) is 49.1 Å². The van der Waals surface area contributed by atoms with Crippen LogP contribution in [-0.2, 0) is 14.3 Å². The lowest BCUT2D eigenvalue weighted by Crippen LogP contribution is -2.51. The lowest BCUT2D eigenvalue weighted by atomic mass is 10.1. The number of esters is 1. The second-order valence-electron chi connectivity index (χ2n) is 7.82. The fourth-order valence-electron chi connectivity index (χ4n) is 3.95.